The van der Waals surface area contributed by atoms with Gasteiger partial charge < -0.3 is 20.7 Å². The number of hydrogen-bond acceptors (Lipinski definition) is 7. The third kappa shape index (κ3) is 5.51. The summed E-state index contributed by atoms with van der Waals surface area (Å²) in [5, 5.41) is 11.1. The Bertz CT molecular complexity index is 1240. The molecule has 5 rings (SSSR count). The van der Waals surface area contributed by atoms with Gasteiger partial charge >= 0.3 is 0 Å². The zero-order chi connectivity index (χ0) is 25.1. The van der Waals surface area contributed by atoms with E-state index in [1.165, 1.54) is 0 Å². The van der Waals surface area contributed by atoms with E-state index in [-0.39, 0.29) is 18.1 Å². The smallest absolute Gasteiger partial charge is 0.238 e. The Morgan fingerprint density at radius 1 is 1.06 bits per heavy atom. The van der Waals surface area contributed by atoms with E-state index in [0.717, 1.165) is 90.6 Å². The van der Waals surface area contributed by atoms with E-state index in [0.29, 0.717) is 6.54 Å². The number of carbonyl (C=O) groups excluding carboxylic acids is 1. The van der Waals surface area contributed by atoms with Crippen molar-refractivity contribution in [1.29, 1.82) is 0 Å². The predicted molar refractivity (Wildman–Crippen MR) is 143 cm³/mol. The second-order valence-electron chi connectivity index (χ2n) is 9.91. The van der Waals surface area contributed by atoms with E-state index < -0.39 is 0 Å². The predicted octanol–water partition coefficient (Wildman–Crippen LogP) is 3.27. The summed E-state index contributed by atoms with van der Waals surface area (Å²) in [7, 11) is 0. The van der Waals surface area contributed by atoms with Crippen LogP contribution in [-0.2, 0) is 4.79 Å². The number of ether oxygens (including phenoxy) is 1. The van der Waals surface area contributed by atoms with Crippen molar-refractivity contribution >= 4 is 22.5 Å². The molecule has 0 bridgehead atoms. The summed E-state index contributed by atoms with van der Waals surface area (Å²) in [6.07, 6.45) is 2.21. The first kappa shape index (κ1) is 24.6. The van der Waals surface area contributed by atoms with Gasteiger partial charge in [-0.25, -0.2) is 9.97 Å². The lowest BCUT2D eigenvalue weighted by Gasteiger charge is -2.36. The van der Waals surface area contributed by atoms with Crippen molar-refractivity contribution in [2.75, 3.05) is 44.6 Å². The normalized spacial score (nSPS) is 19.4. The Morgan fingerprint density at radius 3 is 2.72 bits per heavy atom. The molecule has 8 nitrogen and oxygen atoms in total. The van der Waals surface area contributed by atoms with E-state index in [9.17, 15) is 4.79 Å². The van der Waals surface area contributed by atoms with Crippen molar-refractivity contribution in [1.82, 2.24) is 25.5 Å². The SMILES string of the molecule is Cc1nc(C2CNCCN2CC(=O)Nc2cc(OC3CCNCC3)ccc2C)c2c(C)cccc2n1. The Hall–Kier alpha value is -3.07. The van der Waals surface area contributed by atoms with Gasteiger partial charge in [0.25, 0.3) is 0 Å². The largest absolute Gasteiger partial charge is 0.490 e. The average molecular weight is 489 g/mol. The molecule has 0 spiro atoms. The summed E-state index contributed by atoms with van der Waals surface area (Å²) in [6.45, 7) is 10.6. The van der Waals surface area contributed by atoms with Crippen LogP contribution in [0.4, 0.5) is 5.69 Å². The van der Waals surface area contributed by atoms with Crippen LogP contribution < -0.4 is 20.7 Å². The minimum Gasteiger partial charge on any atom is -0.490 e. The van der Waals surface area contributed by atoms with Gasteiger partial charge in [-0.05, 0) is 70.0 Å². The first-order valence-electron chi connectivity index (χ1n) is 12.9. The number of aromatic nitrogens is 2. The number of piperazine rings is 1. The Morgan fingerprint density at radius 2 is 1.89 bits per heavy atom. The maximum absolute atomic E-state index is 13.3. The van der Waals surface area contributed by atoms with Crippen LogP contribution in [0.5, 0.6) is 5.75 Å². The molecule has 36 heavy (non-hydrogen) atoms. The molecule has 1 unspecified atom stereocenters. The number of benzene rings is 2. The number of nitrogens with zero attached hydrogens (tertiary/aromatic N) is 3. The van der Waals surface area contributed by atoms with Crippen LogP contribution >= 0.6 is 0 Å². The van der Waals surface area contributed by atoms with E-state index in [1.54, 1.807) is 0 Å². The van der Waals surface area contributed by atoms with Gasteiger partial charge in [0, 0.05) is 36.8 Å². The molecule has 8 heteroatoms. The molecular weight excluding hydrogens is 452 g/mol. The van der Waals surface area contributed by atoms with Crippen molar-refractivity contribution in [3.05, 3.63) is 59.0 Å². The van der Waals surface area contributed by atoms with E-state index in [2.05, 4.69) is 38.8 Å². The Labute approximate surface area is 212 Å². The van der Waals surface area contributed by atoms with Crippen molar-refractivity contribution < 1.29 is 9.53 Å². The first-order valence-corrected chi connectivity index (χ1v) is 12.9. The monoisotopic (exact) mass is 488 g/mol. The van der Waals surface area contributed by atoms with E-state index in [4.69, 9.17) is 9.72 Å². The van der Waals surface area contributed by atoms with Crippen molar-refractivity contribution in [3.63, 3.8) is 0 Å². The lowest BCUT2D eigenvalue weighted by molar-refractivity contribution is -0.118. The van der Waals surface area contributed by atoms with Gasteiger partial charge in [0.2, 0.25) is 5.91 Å². The zero-order valence-electron chi connectivity index (χ0n) is 21.4. The fourth-order valence-corrected chi connectivity index (χ4v) is 5.24. The quantitative estimate of drug-likeness (QED) is 0.491. The van der Waals surface area contributed by atoms with Crippen LogP contribution in [0, 0.1) is 20.8 Å². The summed E-state index contributed by atoms with van der Waals surface area (Å²) in [4.78, 5) is 25.0. The summed E-state index contributed by atoms with van der Waals surface area (Å²) in [5.41, 5.74) is 4.92. The number of fused-ring (bicyclic) bond motifs is 1. The highest BCUT2D eigenvalue weighted by Gasteiger charge is 2.29. The molecule has 3 aromatic rings. The van der Waals surface area contributed by atoms with Gasteiger partial charge in [0.05, 0.1) is 23.8 Å². The van der Waals surface area contributed by atoms with Crippen LogP contribution in [0.3, 0.4) is 0 Å². The second-order valence-corrected chi connectivity index (χ2v) is 9.91. The molecule has 3 N–H and O–H groups in total. The zero-order valence-corrected chi connectivity index (χ0v) is 21.4. The molecule has 2 aliphatic rings. The highest BCUT2D eigenvalue weighted by Crippen LogP contribution is 2.30. The first-order chi connectivity index (χ1) is 17.5. The lowest BCUT2D eigenvalue weighted by atomic mass is 10.0. The Kier molecular flexibility index (Phi) is 7.46. The molecule has 1 aromatic heterocycles. The number of aryl methyl sites for hydroxylation is 3. The van der Waals surface area contributed by atoms with Crippen molar-refractivity contribution in [2.45, 2.75) is 45.8 Å². The third-order valence-corrected chi connectivity index (χ3v) is 7.16. The van der Waals surface area contributed by atoms with Gasteiger partial charge in [0.1, 0.15) is 17.7 Å². The number of hydrogen-bond donors (Lipinski definition) is 3. The lowest BCUT2D eigenvalue weighted by Crippen LogP contribution is -2.49. The molecule has 2 fully saturated rings. The minimum atomic E-state index is -0.0316. The number of carbonyl (C=O) groups is 1. The highest BCUT2D eigenvalue weighted by molar-refractivity contribution is 5.93. The molecule has 0 saturated carbocycles. The van der Waals surface area contributed by atoms with Crippen LogP contribution in [0.15, 0.2) is 36.4 Å². The number of piperidine rings is 1. The number of rotatable bonds is 6. The molecule has 2 saturated heterocycles. The van der Waals surface area contributed by atoms with Crippen LogP contribution in [0.25, 0.3) is 10.9 Å². The summed E-state index contributed by atoms with van der Waals surface area (Å²) >= 11 is 0. The second kappa shape index (κ2) is 10.9. The molecule has 0 radical (unpaired) electrons. The molecule has 2 aliphatic heterocycles. The van der Waals surface area contributed by atoms with Gasteiger partial charge in [-0.3, -0.25) is 9.69 Å². The fourth-order valence-electron chi connectivity index (χ4n) is 5.24. The van der Waals surface area contributed by atoms with Crippen molar-refractivity contribution in [2.24, 2.45) is 0 Å². The minimum absolute atomic E-state index is 0.00882. The van der Waals surface area contributed by atoms with Gasteiger partial charge in [0.15, 0.2) is 0 Å². The number of anilines is 1. The topological polar surface area (TPSA) is 91.4 Å². The van der Waals surface area contributed by atoms with Crippen LogP contribution in [-0.4, -0.2) is 66.1 Å². The number of amides is 1. The Balaban J connectivity index is 1.33. The van der Waals surface area contributed by atoms with Crippen LogP contribution in [0.2, 0.25) is 0 Å². The standard InChI is InChI=1S/C28H36N6O2/c1-18-7-8-22(36-21-9-11-29-12-10-21)15-24(18)33-26(35)17-34-14-13-30-16-25(34)28-27-19(2)5-4-6-23(27)31-20(3)32-28/h4-8,15,21,25,29-30H,9-14,16-17H2,1-3H3,(H,33,35). The highest BCUT2D eigenvalue weighted by atomic mass is 16.5. The summed E-state index contributed by atoms with van der Waals surface area (Å²) in [6, 6.07) is 12.1. The molecule has 1 amide bonds. The van der Waals surface area contributed by atoms with Gasteiger partial charge in [-0.2, -0.15) is 0 Å². The fraction of sp³-hybridized carbons (Fsp3) is 0.464. The van der Waals surface area contributed by atoms with E-state index in [1.807, 2.05) is 44.2 Å². The molecule has 0 aliphatic carbocycles. The maximum Gasteiger partial charge on any atom is 0.238 e. The number of nitrogens with one attached hydrogen (secondary N) is 3. The summed E-state index contributed by atoms with van der Waals surface area (Å²) < 4.78 is 6.20. The van der Waals surface area contributed by atoms with Gasteiger partial charge in [-0.15, -0.1) is 0 Å². The average Bonchev–Trinajstić information content (AvgIpc) is 2.86. The third-order valence-electron chi connectivity index (χ3n) is 7.16. The molecule has 2 aromatic carbocycles. The molecule has 3 heterocycles. The summed E-state index contributed by atoms with van der Waals surface area (Å²) in [5.74, 6) is 1.52. The maximum atomic E-state index is 13.3. The van der Waals surface area contributed by atoms with Crippen molar-refractivity contribution in [3.8, 4) is 5.75 Å². The molecule has 190 valence electrons. The van der Waals surface area contributed by atoms with E-state index >= 15 is 0 Å². The van der Waals surface area contributed by atoms with Crippen LogP contribution in [0.1, 0.15) is 41.5 Å². The van der Waals surface area contributed by atoms with Gasteiger partial charge in [-0.1, -0.05) is 18.2 Å². The molecular formula is C28H36N6O2. The molecule has 1 atom stereocenters.